The molecule has 0 aliphatic carbocycles. The van der Waals surface area contributed by atoms with Crippen LogP contribution in [0.25, 0.3) is 0 Å². The number of hydrogen-bond donors (Lipinski definition) is 2. The van der Waals surface area contributed by atoms with Gasteiger partial charge in [0.25, 0.3) is 5.82 Å². The summed E-state index contributed by atoms with van der Waals surface area (Å²) in [6.45, 7) is 0.695. The fourth-order valence-corrected chi connectivity index (χ4v) is 1.72. The second-order valence-electron chi connectivity index (χ2n) is 4.06. The Morgan fingerprint density at radius 1 is 1.11 bits per heavy atom. The van der Waals surface area contributed by atoms with Gasteiger partial charge in [-0.2, -0.15) is 0 Å². The fraction of sp³-hybridized carbons (Fsp3) is 0.214. The van der Waals surface area contributed by atoms with Crippen molar-refractivity contribution in [2.24, 2.45) is 12.8 Å². The lowest BCUT2D eigenvalue weighted by Gasteiger charge is -2.03. The minimum atomic E-state index is 0. The van der Waals surface area contributed by atoms with E-state index in [1.54, 1.807) is 0 Å². The van der Waals surface area contributed by atoms with Crippen LogP contribution in [0.1, 0.15) is 5.56 Å². The summed E-state index contributed by atoms with van der Waals surface area (Å²) in [5, 5.41) is 3.37. The normalized spacial score (nSPS) is 9.16. The van der Waals surface area contributed by atoms with Crippen molar-refractivity contribution in [3.8, 4) is 0 Å². The lowest BCUT2D eigenvalue weighted by atomic mass is 10.1. The van der Waals surface area contributed by atoms with Crippen LogP contribution in [0.15, 0.2) is 48.7 Å². The van der Waals surface area contributed by atoms with Crippen LogP contribution in [0.2, 0.25) is 0 Å². The summed E-state index contributed by atoms with van der Waals surface area (Å²) in [6.07, 6.45) is 2.95. The summed E-state index contributed by atoms with van der Waals surface area (Å²) in [5.74, 6) is 1.07. The van der Waals surface area contributed by atoms with E-state index in [4.69, 9.17) is 5.73 Å². The number of hydrogen-bond acceptors (Lipinski definition) is 2. The molecule has 1 aromatic carbocycles. The van der Waals surface area contributed by atoms with Gasteiger partial charge in [-0.25, -0.2) is 9.88 Å². The Labute approximate surface area is 137 Å². The van der Waals surface area contributed by atoms with Crippen molar-refractivity contribution in [2.45, 2.75) is 6.42 Å². The maximum Gasteiger partial charge on any atom is 0.279 e. The molecule has 0 spiro atoms. The third kappa shape index (κ3) is 5.34. The Morgan fingerprint density at radius 2 is 1.79 bits per heavy atom. The van der Waals surface area contributed by atoms with Crippen molar-refractivity contribution in [3.05, 3.63) is 54.2 Å². The summed E-state index contributed by atoms with van der Waals surface area (Å²) in [7, 11) is 2.02. The fourth-order valence-electron chi connectivity index (χ4n) is 1.72. The predicted molar refractivity (Wildman–Crippen MR) is 77.3 cm³/mol. The van der Waals surface area contributed by atoms with E-state index in [9.17, 15) is 0 Å². The van der Waals surface area contributed by atoms with Gasteiger partial charge < -0.3 is 29.7 Å². The third-order valence-corrected chi connectivity index (χ3v) is 2.71. The van der Waals surface area contributed by atoms with Crippen molar-refractivity contribution in [3.63, 3.8) is 0 Å². The smallest absolute Gasteiger partial charge is 0.279 e. The second kappa shape index (κ2) is 9.12. The number of nitrogens with two attached hydrogens (primary N) is 1. The number of benzene rings is 1. The topological polar surface area (TPSA) is 41.9 Å². The Bertz CT molecular complexity index is 488. The summed E-state index contributed by atoms with van der Waals surface area (Å²) in [4.78, 5) is 0. The van der Waals surface area contributed by atoms with Gasteiger partial charge >= 0.3 is 0 Å². The summed E-state index contributed by atoms with van der Waals surface area (Å²) in [6, 6.07) is 14.5. The molecule has 2 rings (SSSR count). The molecule has 104 valence electrons. The zero-order valence-corrected chi connectivity index (χ0v) is 13.8. The largest absolute Gasteiger partial charge is 1.00 e. The molecule has 1 heterocycles. The number of anilines is 2. The minimum Gasteiger partial charge on any atom is -1.00 e. The third-order valence-electron chi connectivity index (χ3n) is 2.71. The molecule has 2 aromatic rings. The maximum atomic E-state index is 5.52. The summed E-state index contributed by atoms with van der Waals surface area (Å²) in [5.41, 5.74) is 7.89. The second-order valence-corrected chi connectivity index (χ2v) is 4.06. The van der Waals surface area contributed by atoms with Gasteiger partial charge in [-0.3, -0.25) is 0 Å². The first-order valence-corrected chi connectivity index (χ1v) is 5.80. The highest BCUT2D eigenvalue weighted by Gasteiger charge is 2.04. The van der Waals surface area contributed by atoms with E-state index in [0.717, 1.165) is 17.9 Å². The highest BCUT2D eigenvalue weighted by atomic mass is 127. The van der Waals surface area contributed by atoms with Gasteiger partial charge in [0.15, 0.2) is 0 Å². The average Bonchev–Trinajstić information content (AvgIpc) is 2.35. The van der Waals surface area contributed by atoms with Crippen LogP contribution in [0, 0.1) is 0 Å². The van der Waals surface area contributed by atoms with Crippen LogP contribution in [0.5, 0.6) is 0 Å². The van der Waals surface area contributed by atoms with Gasteiger partial charge in [-0.1, -0.05) is 18.2 Å². The molecule has 0 bridgehead atoms. The van der Waals surface area contributed by atoms with Crippen LogP contribution in [-0.2, 0) is 13.5 Å². The van der Waals surface area contributed by atoms with E-state index in [-0.39, 0.29) is 36.4 Å². The van der Waals surface area contributed by atoms with Gasteiger partial charge in [-0.05, 0) is 36.7 Å². The summed E-state index contributed by atoms with van der Waals surface area (Å²) < 4.78 is 2.05. The zero-order chi connectivity index (χ0) is 12.1. The molecule has 1 aromatic heterocycles. The Hall–Kier alpha value is -0.850. The van der Waals surface area contributed by atoms with Gasteiger partial charge in [-0.15, -0.1) is 12.4 Å². The highest BCUT2D eigenvalue weighted by molar-refractivity contribution is 5.85. The molecule has 0 saturated carbocycles. The van der Waals surface area contributed by atoms with E-state index in [2.05, 4.69) is 29.6 Å². The van der Waals surface area contributed by atoms with E-state index >= 15 is 0 Å². The SMILES string of the molecule is C[n+]1ccccc1Nc1ccc(CCN)cc1.Cl.[I-]. The van der Waals surface area contributed by atoms with Gasteiger partial charge in [0, 0.05) is 6.07 Å². The van der Waals surface area contributed by atoms with Gasteiger partial charge in [0.05, 0.1) is 13.2 Å². The quantitative estimate of drug-likeness (QED) is 0.528. The number of aryl methyl sites for hydroxylation is 1. The van der Waals surface area contributed by atoms with Crippen molar-refractivity contribution in [1.82, 2.24) is 0 Å². The molecular formula is C14H19ClIN3. The molecule has 0 fully saturated rings. The Balaban J connectivity index is 0.00000162. The van der Waals surface area contributed by atoms with E-state index < -0.39 is 0 Å². The van der Waals surface area contributed by atoms with E-state index in [1.165, 1.54) is 5.56 Å². The monoisotopic (exact) mass is 391 g/mol. The van der Waals surface area contributed by atoms with Crippen LogP contribution < -0.4 is 39.6 Å². The van der Waals surface area contributed by atoms with Crippen LogP contribution in [0.4, 0.5) is 11.5 Å². The molecular weight excluding hydrogens is 373 g/mol. The first-order valence-electron chi connectivity index (χ1n) is 5.80. The van der Waals surface area contributed by atoms with Crippen molar-refractivity contribution < 1.29 is 28.5 Å². The maximum absolute atomic E-state index is 5.52. The standard InChI is InChI=1S/C14H17N3.ClH.HI/c1-17-11-3-2-4-14(17)16-13-7-5-12(6-8-13)9-10-15;;/h2-8,11H,9-10,15H2,1H3;2*1H. The lowest BCUT2D eigenvalue weighted by Crippen LogP contribution is -3.00. The Kier molecular flexibility index (Phi) is 8.71. The van der Waals surface area contributed by atoms with Crippen molar-refractivity contribution in [1.29, 1.82) is 0 Å². The Morgan fingerprint density at radius 3 is 2.37 bits per heavy atom. The molecule has 0 atom stereocenters. The highest BCUT2D eigenvalue weighted by Crippen LogP contribution is 2.13. The summed E-state index contributed by atoms with van der Waals surface area (Å²) >= 11 is 0. The zero-order valence-electron chi connectivity index (χ0n) is 10.8. The molecule has 0 radical (unpaired) electrons. The van der Waals surface area contributed by atoms with Crippen LogP contribution >= 0.6 is 12.4 Å². The number of nitrogens with zero attached hydrogens (tertiary/aromatic N) is 1. The van der Waals surface area contributed by atoms with E-state index in [0.29, 0.717) is 6.54 Å². The van der Waals surface area contributed by atoms with Crippen LogP contribution in [0.3, 0.4) is 0 Å². The lowest BCUT2D eigenvalue weighted by molar-refractivity contribution is -0.657. The van der Waals surface area contributed by atoms with Crippen molar-refractivity contribution >= 4 is 23.9 Å². The first-order chi connectivity index (χ1) is 8.29. The first kappa shape index (κ1) is 18.1. The van der Waals surface area contributed by atoms with Crippen molar-refractivity contribution in [2.75, 3.05) is 11.9 Å². The van der Waals surface area contributed by atoms with Crippen LogP contribution in [-0.4, -0.2) is 6.54 Å². The molecule has 3 nitrogen and oxygen atoms in total. The number of pyridine rings is 1. The number of nitrogens with one attached hydrogen (secondary N) is 1. The van der Waals surface area contributed by atoms with E-state index in [1.807, 2.05) is 36.0 Å². The average molecular weight is 392 g/mol. The molecule has 0 saturated heterocycles. The number of halogens is 2. The molecule has 0 unspecified atom stereocenters. The molecule has 0 amide bonds. The molecule has 0 aliphatic heterocycles. The molecule has 0 aliphatic rings. The number of aromatic nitrogens is 1. The minimum absolute atomic E-state index is 0. The van der Waals surface area contributed by atoms with Gasteiger partial charge in [0.1, 0.15) is 5.69 Å². The predicted octanol–water partition coefficient (Wildman–Crippen LogP) is -0.818. The molecule has 3 N–H and O–H groups in total. The van der Waals surface area contributed by atoms with Gasteiger partial charge in [0.2, 0.25) is 0 Å². The molecule has 19 heavy (non-hydrogen) atoms. The number of rotatable bonds is 4. The molecule has 5 heteroatoms.